The van der Waals surface area contributed by atoms with Crippen molar-refractivity contribution in [3.05, 3.63) is 83.2 Å². The number of rotatable bonds is 9. The average molecular weight is 495 g/mol. The lowest BCUT2D eigenvalue weighted by Gasteiger charge is -2.29. The van der Waals surface area contributed by atoms with Crippen molar-refractivity contribution < 1.29 is 28.6 Å². The smallest absolute Gasteiger partial charge is 0.295 e. The van der Waals surface area contributed by atoms with Gasteiger partial charge in [0.2, 0.25) is 0 Å². The number of likely N-dealkylation sites (tertiary alicyclic amines) is 1. The number of aliphatic hydroxyl groups is 1. The second-order valence-electron chi connectivity index (χ2n) is 8.93. The Morgan fingerprint density at radius 1 is 1.17 bits per heavy atom. The fraction of sp³-hybridized carbons (Fsp3) is 0.357. The number of amides is 1. The van der Waals surface area contributed by atoms with Gasteiger partial charge in [-0.1, -0.05) is 24.8 Å². The Kier molecular flexibility index (Phi) is 8.18. The maximum Gasteiger partial charge on any atom is 0.295 e. The van der Waals surface area contributed by atoms with E-state index in [9.17, 15) is 19.1 Å². The molecule has 8 heteroatoms. The second-order valence-corrected chi connectivity index (χ2v) is 8.93. The third-order valence-electron chi connectivity index (χ3n) is 6.51. The molecule has 0 radical (unpaired) electrons. The normalized spacial score (nSPS) is 20.1. The Morgan fingerprint density at radius 3 is 2.56 bits per heavy atom. The molecular weight excluding hydrogens is 463 g/mol. The number of hydrogen-bond donors (Lipinski definition) is 1. The predicted octanol–water partition coefficient (Wildman–Crippen LogP) is 3.84. The van der Waals surface area contributed by atoms with Gasteiger partial charge in [0, 0.05) is 31.7 Å². The molecule has 1 atom stereocenters. The fourth-order valence-electron chi connectivity index (χ4n) is 4.65. The third-order valence-corrected chi connectivity index (χ3v) is 6.51. The minimum Gasteiger partial charge on any atom is -0.507 e. The number of carbonyl (C=O) groups excluding carboxylic acids is 2. The Labute approximate surface area is 210 Å². The highest BCUT2D eigenvalue weighted by Gasteiger charge is 2.45. The molecular formula is C28H31FN2O5. The first kappa shape index (κ1) is 25.6. The summed E-state index contributed by atoms with van der Waals surface area (Å²) in [7, 11) is 0. The summed E-state index contributed by atoms with van der Waals surface area (Å²) in [4.78, 5) is 30.0. The SMILES string of the molecule is C=CCOc1ccc(C(O)=C2C(=O)C(=O)N(CCCN3CCOCC3)[C@H]2c2ccc(F)cc2)cc1C. The van der Waals surface area contributed by atoms with E-state index in [1.54, 1.807) is 36.4 Å². The predicted molar refractivity (Wildman–Crippen MR) is 134 cm³/mol. The number of aryl methyl sites for hydroxylation is 1. The van der Waals surface area contributed by atoms with Gasteiger partial charge in [0.15, 0.2) is 0 Å². The highest BCUT2D eigenvalue weighted by Crippen LogP contribution is 2.40. The molecule has 2 saturated heterocycles. The summed E-state index contributed by atoms with van der Waals surface area (Å²) in [6, 6.07) is 9.93. The van der Waals surface area contributed by atoms with Crippen LogP contribution in [0.1, 0.15) is 29.2 Å². The topological polar surface area (TPSA) is 79.3 Å². The lowest BCUT2D eigenvalue weighted by Crippen LogP contribution is -2.38. The van der Waals surface area contributed by atoms with Crippen molar-refractivity contribution in [2.45, 2.75) is 19.4 Å². The number of Topliss-reactive ketones (excluding diaryl/α,β-unsaturated/α-hetero) is 1. The molecule has 2 aromatic carbocycles. The van der Waals surface area contributed by atoms with E-state index in [0.29, 0.717) is 49.7 Å². The Bertz CT molecular complexity index is 1160. The number of aliphatic hydroxyl groups excluding tert-OH is 1. The van der Waals surface area contributed by atoms with Crippen molar-refractivity contribution in [2.75, 3.05) is 46.0 Å². The zero-order chi connectivity index (χ0) is 25.7. The highest BCUT2D eigenvalue weighted by molar-refractivity contribution is 6.46. The number of ether oxygens (including phenoxy) is 2. The van der Waals surface area contributed by atoms with Crippen LogP contribution < -0.4 is 4.74 Å². The maximum absolute atomic E-state index is 13.7. The van der Waals surface area contributed by atoms with Crippen molar-refractivity contribution in [3.8, 4) is 5.75 Å². The zero-order valence-electron chi connectivity index (χ0n) is 20.4. The molecule has 0 aromatic heterocycles. The standard InChI is InChI=1S/C28H31FN2O5/c1-3-15-36-23-10-7-21(18-19(23)2)26(32)24-25(20-5-8-22(29)9-6-20)31(28(34)27(24)33)12-4-11-30-13-16-35-17-14-30/h3,5-10,18,25,32H,1,4,11-17H2,2H3/t25-/m0/s1. The van der Waals surface area contributed by atoms with E-state index < -0.39 is 23.5 Å². The first-order chi connectivity index (χ1) is 17.4. The number of halogens is 1. The van der Waals surface area contributed by atoms with Crippen LogP contribution in [-0.2, 0) is 14.3 Å². The van der Waals surface area contributed by atoms with Gasteiger partial charge in [-0.3, -0.25) is 14.5 Å². The van der Waals surface area contributed by atoms with Gasteiger partial charge >= 0.3 is 0 Å². The largest absolute Gasteiger partial charge is 0.507 e. The molecule has 0 unspecified atom stereocenters. The molecule has 0 spiro atoms. The van der Waals surface area contributed by atoms with Crippen LogP contribution in [0.15, 0.2) is 60.7 Å². The van der Waals surface area contributed by atoms with Crippen molar-refractivity contribution in [2.24, 2.45) is 0 Å². The summed E-state index contributed by atoms with van der Waals surface area (Å²) >= 11 is 0. The first-order valence-electron chi connectivity index (χ1n) is 12.1. The van der Waals surface area contributed by atoms with Gasteiger partial charge < -0.3 is 19.5 Å². The molecule has 4 rings (SSSR count). The van der Waals surface area contributed by atoms with E-state index in [0.717, 1.165) is 25.2 Å². The van der Waals surface area contributed by atoms with E-state index in [4.69, 9.17) is 9.47 Å². The summed E-state index contributed by atoms with van der Waals surface area (Å²) in [5, 5.41) is 11.3. The fourth-order valence-corrected chi connectivity index (χ4v) is 4.65. The van der Waals surface area contributed by atoms with Crippen LogP contribution in [0, 0.1) is 12.7 Å². The molecule has 1 amide bonds. The molecule has 1 N–H and O–H groups in total. The van der Waals surface area contributed by atoms with Gasteiger partial charge in [0.1, 0.15) is 23.9 Å². The number of morpholine rings is 1. The second kappa shape index (κ2) is 11.5. The summed E-state index contributed by atoms with van der Waals surface area (Å²) < 4.78 is 24.7. The van der Waals surface area contributed by atoms with Gasteiger partial charge in [0.05, 0.1) is 24.8 Å². The molecule has 0 saturated carbocycles. The lowest BCUT2D eigenvalue weighted by atomic mass is 9.94. The lowest BCUT2D eigenvalue weighted by molar-refractivity contribution is -0.140. The van der Waals surface area contributed by atoms with E-state index in [1.165, 1.54) is 17.0 Å². The van der Waals surface area contributed by atoms with E-state index >= 15 is 0 Å². The number of hydrogen-bond acceptors (Lipinski definition) is 6. The van der Waals surface area contributed by atoms with Crippen molar-refractivity contribution in [1.29, 1.82) is 0 Å². The van der Waals surface area contributed by atoms with Crippen LogP contribution in [0.3, 0.4) is 0 Å². The molecule has 0 aliphatic carbocycles. The van der Waals surface area contributed by atoms with Crippen molar-refractivity contribution in [3.63, 3.8) is 0 Å². The van der Waals surface area contributed by atoms with E-state index in [1.807, 2.05) is 6.92 Å². The maximum atomic E-state index is 13.7. The molecule has 2 aromatic rings. The Balaban J connectivity index is 1.66. The average Bonchev–Trinajstić information content (AvgIpc) is 3.13. The molecule has 36 heavy (non-hydrogen) atoms. The molecule has 2 aliphatic heterocycles. The number of carbonyl (C=O) groups is 2. The summed E-state index contributed by atoms with van der Waals surface area (Å²) in [6.07, 6.45) is 2.29. The van der Waals surface area contributed by atoms with Crippen LogP contribution in [0.5, 0.6) is 5.75 Å². The molecule has 2 fully saturated rings. The van der Waals surface area contributed by atoms with Crippen LogP contribution in [0.25, 0.3) is 5.76 Å². The molecule has 2 heterocycles. The van der Waals surface area contributed by atoms with E-state index in [-0.39, 0.29) is 11.3 Å². The molecule has 2 aliphatic rings. The third kappa shape index (κ3) is 5.50. The first-order valence-corrected chi connectivity index (χ1v) is 12.1. The Hall–Kier alpha value is -3.49. The number of benzene rings is 2. The summed E-state index contributed by atoms with van der Waals surface area (Å²) in [6.45, 7) is 9.90. The molecule has 190 valence electrons. The zero-order valence-corrected chi connectivity index (χ0v) is 20.4. The van der Waals surface area contributed by atoms with Gasteiger partial charge in [-0.2, -0.15) is 0 Å². The summed E-state index contributed by atoms with van der Waals surface area (Å²) in [5.74, 6) is -1.48. The highest BCUT2D eigenvalue weighted by atomic mass is 19.1. The monoisotopic (exact) mass is 494 g/mol. The van der Waals surface area contributed by atoms with Gasteiger partial charge in [-0.15, -0.1) is 0 Å². The van der Waals surface area contributed by atoms with Crippen LogP contribution in [0.2, 0.25) is 0 Å². The van der Waals surface area contributed by atoms with Crippen molar-refractivity contribution >= 4 is 17.4 Å². The molecule has 7 nitrogen and oxygen atoms in total. The Morgan fingerprint density at radius 2 is 1.89 bits per heavy atom. The minimum absolute atomic E-state index is 0.00265. The van der Waals surface area contributed by atoms with Crippen molar-refractivity contribution in [1.82, 2.24) is 9.80 Å². The van der Waals surface area contributed by atoms with Gasteiger partial charge in [-0.05, 0) is 54.8 Å². The molecule has 0 bridgehead atoms. The van der Waals surface area contributed by atoms with Crippen LogP contribution in [0.4, 0.5) is 4.39 Å². The van der Waals surface area contributed by atoms with E-state index in [2.05, 4.69) is 11.5 Å². The van der Waals surface area contributed by atoms with Crippen LogP contribution in [-0.4, -0.2) is 72.6 Å². The quantitative estimate of drug-likeness (QED) is 0.247. The number of nitrogens with zero attached hydrogens (tertiary/aromatic N) is 2. The van der Waals surface area contributed by atoms with Gasteiger partial charge in [-0.25, -0.2) is 4.39 Å². The minimum atomic E-state index is -0.813. The summed E-state index contributed by atoms with van der Waals surface area (Å²) in [5.41, 5.74) is 1.72. The number of ketones is 1. The van der Waals surface area contributed by atoms with Crippen LogP contribution >= 0.6 is 0 Å². The van der Waals surface area contributed by atoms with Gasteiger partial charge in [0.25, 0.3) is 11.7 Å².